The third kappa shape index (κ3) is 4.19. The first-order valence-electron chi connectivity index (χ1n) is 5.89. The van der Waals surface area contributed by atoms with E-state index in [0.717, 1.165) is 0 Å². The summed E-state index contributed by atoms with van der Waals surface area (Å²) in [6, 6.07) is 4.82. The number of nitrogen functional groups attached to an aromatic ring is 1. The zero-order valence-corrected chi connectivity index (χ0v) is 14.9. The van der Waals surface area contributed by atoms with E-state index in [9.17, 15) is 4.79 Å². The summed E-state index contributed by atoms with van der Waals surface area (Å²) >= 11 is 29.2. The lowest BCUT2D eigenvalue weighted by Gasteiger charge is -2.07. The third-order valence-corrected chi connectivity index (χ3v) is 4.32. The first-order chi connectivity index (χ1) is 10.8. The van der Waals surface area contributed by atoms with Crippen LogP contribution < -0.4 is 11.2 Å². The van der Waals surface area contributed by atoms with E-state index in [2.05, 4.69) is 15.5 Å². The quantitative estimate of drug-likeness (QED) is 0.436. The fourth-order valence-electron chi connectivity index (χ4n) is 1.50. The number of nitrogens with two attached hydrogens (primary N) is 1. The molecule has 0 spiro atoms. The molecule has 1 aromatic heterocycles. The average molecular weight is 412 g/mol. The van der Waals surface area contributed by atoms with Gasteiger partial charge in [0.2, 0.25) is 0 Å². The van der Waals surface area contributed by atoms with Gasteiger partial charge in [0.05, 0.1) is 21.9 Å². The maximum absolute atomic E-state index is 12.0. The molecule has 1 heterocycles. The van der Waals surface area contributed by atoms with Gasteiger partial charge in [0.1, 0.15) is 5.02 Å². The van der Waals surface area contributed by atoms with Gasteiger partial charge in [-0.05, 0) is 12.1 Å². The van der Waals surface area contributed by atoms with Gasteiger partial charge >= 0.3 is 0 Å². The molecular weight excluding hydrogens is 405 g/mol. The Kier molecular flexibility index (Phi) is 5.95. The Balaban J connectivity index is 2.18. The van der Waals surface area contributed by atoms with E-state index in [1.165, 1.54) is 6.21 Å². The molecule has 10 heteroatoms. The van der Waals surface area contributed by atoms with Gasteiger partial charge in [0.15, 0.2) is 10.8 Å². The number of aromatic nitrogens is 1. The summed E-state index contributed by atoms with van der Waals surface area (Å²) in [6.45, 7) is 0. The first-order valence-corrected chi connectivity index (χ1v) is 7.78. The molecule has 0 atom stereocenters. The molecule has 120 valence electrons. The van der Waals surface area contributed by atoms with Gasteiger partial charge in [-0.3, -0.25) is 4.79 Å². The number of halogens is 5. The molecule has 0 saturated heterocycles. The fourth-order valence-corrected chi connectivity index (χ4v) is 2.55. The molecule has 0 aliphatic carbocycles. The Morgan fingerprint density at radius 1 is 1.17 bits per heavy atom. The molecular formula is C13H7Cl5N4O. The minimum absolute atomic E-state index is 0.0235. The highest BCUT2D eigenvalue weighted by Crippen LogP contribution is 2.34. The predicted octanol–water partition coefficient (Wildman–Crippen LogP) is 4.69. The molecule has 1 aromatic carbocycles. The van der Waals surface area contributed by atoms with Crippen molar-refractivity contribution in [3.05, 3.63) is 54.7 Å². The summed E-state index contributed by atoms with van der Waals surface area (Å²) in [7, 11) is 0. The van der Waals surface area contributed by atoms with E-state index in [0.29, 0.717) is 15.6 Å². The number of carbonyl (C=O) groups is 1. The molecule has 2 rings (SSSR count). The topological polar surface area (TPSA) is 80.4 Å². The summed E-state index contributed by atoms with van der Waals surface area (Å²) in [5.41, 5.74) is 8.20. The fraction of sp³-hybridized carbons (Fsp3) is 0. The molecule has 0 aliphatic rings. The van der Waals surface area contributed by atoms with Crippen LogP contribution in [0.4, 0.5) is 5.69 Å². The number of hydrogen-bond acceptors (Lipinski definition) is 4. The van der Waals surface area contributed by atoms with Crippen molar-refractivity contribution >= 4 is 75.8 Å². The van der Waals surface area contributed by atoms with E-state index in [4.69, 9.17) is 63.7 Å². The highest BCUT2D eigenvalue weighted by atomic mass is 35.5. The Morgan fingerprint density at radius 2 is 1.87 bits per heavy atom. The van der Waals surface area contributed by atoms with Crippen molar-refractivity contribution < 1.29 is 4.79 Å². The number of hydrogen-bond donors (Lipinski definition) is 2. The maximum atomic E-state index is 12.0. The van der Waals surface area contributed by atoms with Crippen LogP contribution in [0.5, 0.6) is 0 Å². The number of amides is 1. The summed E-state index contributed by atoms with van der Waals surface area (Å²) in [5.74, 6) is -0.707. The summed E-state index contributed by atoms with van der Waals surface area (Å²) in [5, 5.41) is 4.36. The second kappa shape index (κ2) is 7.55. The standard InChI is InChI=1S/C13H7Cl5N4O/c14-6-2-1-5(7(15)3-6)4-20-22-13(23)11-8(16)10(19)9(17)12(18)21-11/h1-4H,(H2,19,21)(H,22,23)/b20-4+. The smallest absolute Gasteiger partial charge is 0.291 e. The summed E-state index contributed by atoms with van der Waals surface area (Å²) < 4.78 is 0. The Labute approximate surface area is 156 Å². The lowest BCUT2D eigenvalue weighted by molar-refractivity contribution is 0.0950. The van der Waals surface area contributed by atoms with Crippen molar-refractivity contribution in [1.29, 1.82) is 0 Å². The number of carbonyl (C=O) groups excluding carboxylic acids is 1. The molecule has 0 radical (unpaired) electrons. The number of hydrazone groups is 1. The van der Waals surface area contributed by atoms with Crippen LogP contribution in [-0.2, 0) is 0 Å². The van der Waals surface area contributed by atoms with Gasteiger partial charge in [-0.2, -0.15) is 5.10 Å². The summed E-state index contributed by atoms with van der Waals surface area (Å²) in [6.07, 6.45) is 1.34. The number of rotatable bonds is 3. The average Bonchev–Trinajstić information content (AvgIpc) is 2.50. The number of nitrogens with one attached hydrogen (secondary N) is 1. The zero-order valence-electron chi connectivity index (χ0n) is 11.1. The molecule has 3 N–H and O–H groups in total. The van der Waals surface area contributed by atoms with Crippen LogP contribution in [-0.4, -0.2) is 17.1 Å². The molecule has 0 fully saturated rings. The van der Waals surface area contributed by atoms with Crippen molar-refractivity contribution in [3.63, 3.8) is 0 Å². The Bertz CT molecular complexity index is 809. The van der Waals surface area contributed by atoms with E-state index < -0.39 is 5.91 Å². The monoisotopic (exact) mass is 410 g/mol. The van der Waals surface area contributed by atoms with Gasteiger partial charge in [-0.1, -0.05) is 64.1 Å². The lowest BCUT2D eigenvalue weighted by atomic mass is 10.2. The Hall–Kier alpha value is -1.24. The SMILES string of the molecule is Nc1c(Cl)c(Cl)nc(C(=O)N/N=C/c2ccc(Cl)cc2Cl)c1Cl. The van der Waals surface area contributed by atoms with Crippen molar-refractivity contribution in [3.8, 4) is 0 Å². The van der Waals surface area contributed by atoms with E-state index in [1.807, 2.05) is 0 Å². The van der Waals surface area contributed by atoms with E-state index >= 15 is 0 Å². The van der Waals surface area contributed by atoms with Crippen molar-refractivity contribution in [2.24, 2.45) is 5.10 Å². The van der Waals surface area contributed by atoms with Gasteiger partial charge < -0.3 is 5.73 Å². The maximum Gasteiger partial charge on any atom is 0.291 e. The first kappa shape index (κ1) is 18.1. The largest absolute Gasteiger partial charge is 0.396 e. The van der Waals surface area contributed by atoms with Crippen LogP contribution in [0.25, 0.3) is 0 Å². The Morgan fingerprint density at radius 3 is 2.52 bits per heavy atom. The lowest BCUT2D eigenvalue weighted by Crippen LogP contribution is -2.20. The van der Waals surface area contributed by atoms with Crippen LogP contribution >= 0.6 is 58.0 Å². The highest BCUT2D eigenvalue weighted by molar-refractivity contribution is 6.46. The van der Waals surface area contributed by atoms with Gasteiger partial charge in [0, 0.05) is 10.6 Å². The molecule has 0 unspecified atom stereocenters. The van der Waals surface area contributed by atoms with Crippen LogP contribution in [0.15, 0.2) is 23.3 Å². The highest BCUT2D eigenvalue weighted by Gasteiger charge is 2.19. The number of benzene rings is 1. The minimum atomic E-state index is -0.707. The normalized spacial score (nSPS) is 11.0. The minimum Gasteiger partial charge on any atom is -0.396 e. The molecule has 23 heavy (non-hydrogen) atoms. The zero-order chi connectivity index (χ0) is 17.1. The molecule has 0 bridgehead atoms. The van der Waals surface area contributed by atoms with E-state index in [1.54, 1.807) is 18.2 Å². The van der Waals surface area contributed by atoms with Crippen molar-refractivity contribution in [1.82, 2.24) is 10.4 Å². The third-order valence-electron chi connectivity index (χ3n) is 2.62. The van der Waals surface area contributed by atoms with Crippen LogP contribution in [0.1, 0.15) is 16.1 Å². The molecule has 0 saturated carbocycles. The molecule has 1 amide bonds. The molecule has 0 aliphatic heterocycles. The van der Waals surface area contributed by atoms with Gasteiger partial charge in [-0.25, -0.2) is 10.4 Å². The second-order valence-electron chi connectivity index (χ2n) is 4.16. The second-order valence-corrected chi connectivity index (χ2v) is 6.12. The van der Waals surface area contributed by atoms with Crippen LogP contribution in [0.3, 0.4) is 0 Å². The van der Waals surface area contributed by atoms with Crippen LogP contribution in [0.2, 0.25) is 25.2 Å². The van der Waals surface area contributed by atoms with Crippen molar-refractivity contribution in [2.45, 2.75) is 0 Å². The number of anilines is 1. The van der Waals surface area contributed by atoms with Gasteiger partial charge in [0.25, 0.3) is 5.91 Å². The van der Waals surface area contributed by atoms with Crippen LogP contribution in [0, 0.1) is 0 Å². The van der Waals surface area contributed by atoms with Crippen molar-refractivity contribution in [2.75, 3.05) is 5.73 Å². The number of pyridine rings is 1. The predicted molar refractivity (Wildman–Crippen MR) is 95.2 cm³/mol. The summed E-state index contributed by atoms with van der Waals surface area (Å²) in [4.78, 5) is 15.8. The van der Waals surface area contributed by atoms with E-state index in [-0.39, 0.29) is 26.6 Å². The molecule has 5 nitrogen and oxygen atoms in total. The molecule has 2 aromatic rings. The van der Waals surface area contributed by atoms with Gasteiger partial charge in [-0.15, -0.1) is 0 Å². The number of nitrogens with zero attached hydrogens (tertiary/aromatic N) is 2.